The molecule has 3 atom stereocenters. The molecule has 310 valence electrons. The molecule has 22 heteroatoms. The summed E-state index contributed by atoms with van der Waals surface area (Å²) in [4.78, 5) is 140. The summed E-state index contributed by atoms with van der Waals surface area (Å²) in [5.41, 5.74) is -1.32. The first-order chi connectivity index (χ1) is 26.6. The zero-order chi connectivity index (χ0) is 41.3. The van der Waals surface area contributed by atoms with E-state index in [4.69, 9.17) is 0 Å². The Balaban J connectivity index is 1.65. The van der Waals surface area contributed by atoms with Gasteiger partial charge in [0.15, 0.2) is 0 Å². The minimum absolute atomic E-state index is 0.126. The van der Waals surface area contributed by atoms with Gasteiger partial charge in [-0.2, -0.15) is 0 Å². The van der Waals surface area contributed by atoms with Crippen LogP contribution in [0.4, 0.5) is 0 Å². The van der Waals surface area contributed by atoms with Gasteiger partial charge in [-0.1, -0.05) is 33.1 Å². The van der Waals surface area contributed by atoms with Gasteiger partial charge in [-0.25, -0.2) is 0 Å². The van der Waals surface area contributed by atoms with Gasteiger partial charge in [-0.05, 0) is 31.6 Å². The number of nitrogens with one attached hydrogen (secondary N) is 10. The summed E-state index contributed by atoms with van der Waals surface area (Å²) in [5, 5.41) is 24.4. The van der Waals surface area contributed by atoms with Gasteiger partial charge in [0.25, 0.3) is 0 Å². The van der Waals surface area contributed by atoms with E-state index in [0.29, 0.717) is 44.9 Å². The van der Waals surface area contributed by atoms with Crippen molar-refractivity contribution in [2.45, 2.75) is 82.8 Å². The average Bonchev–Trinajstić information content (AvgIpc) is 3.87. The largest absolute Gasteiger partial charge is 0.354 e. The number of hydrogen-bond acceptors (Lipinski definition) is 11. The Bertz CT molecular complexity index is 1530. The minimum atomic E-state index is -1.32. The van der Waals surface area contributed by atoms with E-state index in [1.807, 2.05) is 0 Å². The highest BCUT2D eigenvalue weighted by atomic mass is 16.2. The predicted octanol–water partition coefficient (Wildman–Crippen LogP) is -5.73. The van der Waals surface area contributed by atoms with Crippen LogP contribution in [-0.2, 0) is 52.7 Å². The molecule has 10 N–H and O–H groups in total. The maximum atomic E-state index is 13.5. The summed E-state index contributed by atoms with van der Waals surface area (Å²) in [6.07, 6.45) is 2.96. The van der Waals surface area contributed by atoms with Crippen molar-refractivity contribution in [1.29, 1.82) is 0 Å². The summed E-state index contributed by atoms with van der Waals surface area (Å²) in [7, 11) is 0. The molecule has 22 nitrogen and oxygen atoms in total. The molecule has 2 heterocycles. The summed E-state index contributed by atoms with van der Waals surface area (Å²) in [6, 6.07) is -1.93. The Morgan fingerprint density at radius 1 is 0.589 bits per heavy atom. The number of nitrogens with zero attached hydrogens (tertiary/aromatic N) is 1. The molecule has 1 spiro atoms. The summed E-state index contributed by atoms with van der Waals surface area (Å²) < 4.78 is 0. The molecule has 2 saturated heterocycles. The number of amides is 11. The Hall–Kier alpha value is -5.83. The van der Waals surface area contributed by atoms with E-state index in [1.165, 1.54) is 4.90 Å². The third-order valence-corrected chi connectivity index (χ3v) is 9.67. The van der Waals surface area contributed by atoms with Crippen LogP contribution in [0.15, 0.2) is 0 Å². The molecular formula is C34H53N11O11. The third kappa shape index (κ3) is 14.1. The van der Waals surface area contributed by atoms with Gasteiger partial charge in [-0.3, -0.25) is 52.7 Å². The molecule has 11 amide bonds. The van der Waals surface area contributed by atoms with E-state index >= 15 is 0 Å². The Morgan fingerprint density at radius 3 is 1.61 bits per heavy atom. The third-order valence-electron chi connectivity index (χ3n) is 9.67. The first kappa shape index (κ1) is 44.6. The molecule has 0 bridgehead atoms. The number of fused-ring (bicyclic) bond motifs is 1. The van der Waals surface area contributed by atoms with Gasteiger partial charge in [-0.15, -0.1) is 0 Å². The van der Waals surface area contributed by atoms with Gasteiger partial charge < -0.3 is 58.1 Å². The van der Waals surface area contributed by atoms with Gasteiger partial charge in [0.2, 0.25) is 65.0 Å². The molecule has 0 aromatic carbocycles. The number of carbonyl (C=O) groups is 11. The quantitative estimate of drug-likeness (QED) is 0.126. The lowest BCUT2D eigenvalue weighted by Crippen LogP contribution is -2.61. The fraction of sp³-hybridized carbons (Fsp3) is 0.676. The van der Waals surface area contributed by atoms with E-state index in [1.54, 1.807) is 13.8 Å². The molecule has 1 aliphatic carbocycles. The van der Waals surface area contributed by atoms with Crippen LogP contribution in [0.3, 0.4) is 0 Å². The van der Waals surface area contributed by atoms with Crippen molar-refractivity contribution in [1.82, 2.24) is 58.1 Å². The van der Waals surface area contributed by atoms with Crippen LogP contribution in [0.2, 0.25) is 0 Å². The fourth-order valence-corrected chi connectivity index (χ4v) is 6.28. The molecule has 3 aliphatic rings. The van der Waals surface area contributed by atoms with Crippen molar-refractivity contribution >= 4 is 65.0 Å². The second kappa shape index (κ2) is 21.9. The van der Waals surface area contributed by atoms with Crippen molar-refractivity contribution in [3.05, 3.63) is 0 Å². The van der Waals surface area contributed by atoms with Crippen molar-refractivity contribution in [2.24, 2.45) is 5.92 Å². The van der Waals surface area contributed by atoms with E-state index in [-0.39, 0.29) is 25.4 Å². The molecule has 1 saturated carbocycles. The van der Waals surface area contributed by atoms with Crippen LogP contribution in [0.25, 0.3) is 0 Å². The smallest absolute Gasteiger partial charge is 0.246 e. The highest BCUT2D eigenvalue weighted by Gasteiger charge is 2.45. The first-order valence-electron chi connectivity index (χ1n) is 18.7. The first-order valence-corrected chi connectivity index (χ1v) is 18.7. The zero-order valence-corrected chi connectivity index (χ0v) is 31.7. The summed E-state index contributed by atoms with van der Waals surface area (Å²) in [5.74, 6) is -7.51. The lowest BCUT2D eigenvalue weighted by atomic mass is 9.95. The molecule has 0 radical (unpaired) electrons. The molecule has 2 aliphatic heterocycles. The van der Waals surface area contributed by atoms with Crippen molar-refractivity contribution in [2.75, 3.05) is 58.9 Å². The lowest BCUT2D eigenvalue weighted by Gasteiger charge is -2.32. The van der Waals surface area contributed by atoms with Crippen LogP contribution in [0, 0.1) is 5.92 Å². The Labute approximate surface area is 323 Å². The van der Waals surface area contributed by atoms with E-state index in [2.05, 4.69) is 53.2 Å². The number of hydrogen-bond donors (Lipinski definition) is 10. The van der Waals surface area contributed by atoms with Gasteiger partial charge in [0.1, 0.15) is 17.6 Å². The van der Waals surface area contributed by atoms with Crippen LogP contribution < -0.4 is 53.2 Å². The van der Waals surface area contributed by atoms with Gasteiger partial charge in [0, 0.05) is 19.5 Å². The van der Waals surface area contributed by atoms with Crippen LogP contribution in [0.1, 0.15) is 65.2 Å². The lowest BCUT2D eigenvalue weighted by molar-refractivity contribution is -0.141. The van der Waals surface area contributed by atoms with Crippen molar-refractivity contribution in [3.63, 3.8) is 0 Å². The zero-order valence-electron chi connectivity index (χ0n) is 31.7. The monoisotopic (exact) mass is 791 g/mol. The Morgan fingerprint density at radius 2 is 1.07 bits per heavy atom. The van der Waals surface area contributed by atoms with Crippen molar-refractivity contribution < 1.29 is 52.7 Å². The molecular weight excluding hydrogens is 738 g/mol. The van der Waals surface area contributed by atoms with E-state index in [9.17, 15) is 52.7 Å². The highest BCUT2D eigenvalue weighted by molar-refractivity contribution is 5.98. The average molecular weight is 792 g/mol. The number of carbonyl (C=O) groups excluding carboxylic acids is 11. The molecule has 56 heavy (non-hydrogen) atoms. The SMILES string of the molecule is CC[C@H](C)C1NC(=O)CCNC(=O)CNC(=O)CNC(=O)C2(CCCC2)NC(=O)C2CCCN2C(=O)CNC(=O)CNC(=O)CNC(=O)CNC(=O)CNC1=O. The van der Waals surface area contributed by atoms with Crippen molar-refractivity contribution in [3.8, 4) is 0 Å². The molecule has 3 rings (SSSR count). The van der Waals surface area contributed by atoms with E-state index in [0.717, 1.165) is 0 Å². The maximum Gasteiger partial charge on any atom is 0.246 e. The second-order valence-electron chi connectivity index (χ2n) is 13.8. The van der Waals surface area contributed by atoms with Gasteiger partial charge >= 0.3 is 0 Å². The molecule has 2 unspecified atom stereocenters. The highest BCUT2D eigenvalue weighted by Crippen LogP contribution is 2.31. The fourth-order valence-electron chi connectivity index (χ4n) is 6.28. The Kier molecular flexibility index (Phi) is 17.4. The predicted molar refractivity (Wildman–Crippen MR) is 194 cm³/mol. The maximum absolute atomic E-state index is 13.5. The summed E-state index contributed by atoms with van der Waals surface area (Å²) in [6.45, 7) is 0.0912. The molecule has 3 fully saturated rings. The summed E-state index contributed by atoms with van der Waals surface area (Å²) >= 11 is 0. The topological polar surface area (TPSA) is 311 Å². The van der Waals surface area contributed by atoms with E-state index < -0.39 is 128 Å². The van der Waals surface area contributed by atoms with Crippen LogP contribution in [-0.4, -0.2) is 146 Å². The molecule has 0 aromatic heterocycles. The number of rotatable bonds is 2. The normalized spacial score (nSPS) is 24.7. The second-order valence-corrected chi connectivity index (χ2v) is 13.8. The van der Waals surface area contributed by atoms with Crippen LogP contribution >= 0.6 is 0 Å². The minimum Gasteiger partial charge on any atom is -0.354 e. The van der Waals surface area contributed by atoms with Crippen LogP contribution in [0.5, 0.6) is 0 Å². The molecule has 0 aromatic rings. The van der Waals surface area contributed by atoms with Gasteiger partial charge in [0.05, 0.1) is 45.8 Å². The standard InChI is InChI=1S/C34H53N11O11/c1-3-20(2)30-32(55)41-17-27(51)39-15-25(49)37-14-24(48)38-16-26(50)40-19-29(53)45-12-6-7-21(45)31(54)44-34(9-4-5-10-34)33(56)42-18-28(52)36-13-23(47)35-11-8-22(46)43-30/h20-21,30H,3-19H2,1-2H3,(H,35,47)(H,36,52)(H,37,49)(H,38,48)(H,39,51)(H,40,50)(H,41,55)(H,42,56)(H,43,46)(H,44,54)/t20-,21?,30?/m0/s1.